The van der Waals surface area contributed by atoms with Crippen LogP contribution >= 0.6 is 0 Å². The lowest BCUT2D eigenvalue weighted by atomic mass is 10.2. The number of hydrogen-bond acceptors (Lipinski definition) is 3. The lowest BCUT2D eigenvalue weighted by Gasteiger charge is -2.15. The third-order valence-corrected chi connectivity index (χ3v) is 1.95. The van der Waals surface area contributed by atoms with Crippen molar-refractivity contribution in [1.29, 1.82) is 0 Å². The first kappa shape index (κ1) is 9.48. The molecule has 4 nitrogen and oxygen atoms in total. The third-order valence-electron chi connectivity index (χ3n) is 1.95. The zero-order valence-corrected chi connectivity index (χ0v) is 7.49. The van der Waals surface area contributed by atoms with E-state index in [-0.39, 0.29) is 6.10 Å². The van der Waals surface area contributed by atoms with Crippen LogP contribution < -0.4 is 0 Å². The van der Waals surface area contributed by atoms with Gasteiger partial charge in [0.1, 0.15) is 0 Å². The van der Waals surface area contributed by atoms with E-state index in [4.69, 9.17) is 9.84 Å². The van der Waals surface area contributed by atoms with Gasteiger partial charge in [-0.25, -0.2) is 4.79 Å². The second kappa shape index (κ2) is 3.87. The maximum absolute atomic E-state index is 10.5. The minimum absolute atomic E-state index is 0.0982. The van der Waals surface area contributed by atoms with Crippen molar-refractivity contribution in [2.75, 3.05) is 20.6 Å². The molecule has 12 heavy (non-hydrogen) atoms. The standard InChI is InChI=1S/C8H15NO3/c1-9(2)5-6-3-4-7(12-6)8(10)11/h6-7H,3-5H2,1-2H3,(H,10,11)/t6-,7-/m1/s1. The Kier molecular flexibility index (Phi) is 3.05. The van der Waals surface area contributed by atoms with Gasteiger partial charge in [-0.3, -0.25) is 0 Å². The molecule has 1 heterocycles. The van der Waals surface area contributed by atoms with Crippen LogP contribution in [0.3, 0.4) is 0 Å². The number of hydrogen-bond donors (Lipinski definition) is 1. The first-order valence-electron chi connectivity index (χ1n) is 4.12. The molecule has 1 N–H and O–H groups in total. The van der Waals surface area contributed by atoms with Crippen LogP contribution in [-0.4, -0.2) is 48.8 Å². The van der Waals surface area contributed by atoms with E-state index in [9.17, 15) is 4.79 Å². The fourth-order valence-corrected chi connectivity index (χ4v) is 1.43. The van der Waals surface area contributed by atoms with Crippen molar-refractivity contribution in [3.05, 3.63) is 0 Å². The Balaban J connectivity index is 2.30. The fraction of sp³-hybridized carbons (Fsp3) is 0.875. The number of rotatable bonds is 3. The van der Waals surface area contributed by atoms with Crippen LogP contribution in [0.15, 0.2) is 0 Å². The average molecular weight is 173 g/mol. The highest BCUT2D eigenvalue weighted by Gasteiger charge is 2.30. The number of nitrogens with zero attached hydrogens (tertiary/aromatic N) is 1. The molecule has 1 saturated heterocycles. The summed E-state index contributed by atoms with van der Waals surface area (Å²) in [6.07, 6.45) is 1.03. The van der Waals surface area contributed by atoms with Crippen molar-refractivity contribution in [2.45, 2.75) is 25.0 Å². The Morgan fingerprint density at radius 2 is 2.25 bits per heavy atom. The van der Waals surface area contributed by atoms with Gasteiger partial charge in [0.25, 0.3) is 0 Å². The quantitative estimate of drug-likeness (QED) is 0.661. The molecule has 0 saturated carbocycles. The molecule has 1 aliphatic rings. The number of aliphatic carboxylic acids is 1. The molecule has 70 valence electrons. The van der Waals surface area contributed by atoms with E-state index in [1.54, 1.807) is 0 Å². The van der Waals surface area contributed by atoms with Gasteiger partial charge in [0.15, 0.2) is 6.10 Å². The van der Waals surface area contributed by atoms with Crippen LogP contribution in [0.1, 0.15) is 12.8 Å². The molecule has 0 radical (unpaired) electrons. The van der Waals surface area contributed by atoms with Crippen LogP contribution in [0, 0.1) is 0 Å². The SMILES string of the molecule is CN(C)C[C@H]1CC[C@H](C(=O)O)O1. The van der Waals surface area contributed by atoms with Crippen molar-refractivity contribution < 1.29 is 14.6 Å². The molecule has 1 fully saturated rings. The Labute approximate surface area is 72.1 Å². The molecule has 0 aliphatic carbocycles. The van der Waals surface area contributed by atoms with Gasteiger partial charge in [0.2, 0.25) is 0 Å². The number of carboxylic acids is 1. The topological polar surface area (TPSA) is 49.8 Å². The summed E-state index contributed by atoms with van der Waals surface area (Å²) in [6.45, 7) is 0.809. The summed E-state index contributed by atoms with van der Waals surface area (Å²) < 4.78 is 5.29. The van der Waals surface area contributed by atoms with E-state index in [2.05, 4.69) is 0 Å². The van der Waals surface area contributed by atoms with E-state index in [0.29, 0.717) is 6.42 Å². The van der Waals surface area contributed by atoms with Gasteiger partial charge in [-0.1, -0.05) is 0 Å². The summed E-state index contributed by atoms with van der Waals surface area (Å²) in [5.74, 6) is -0.837. The molecule has 0 unspecified atom stereocenters. The zero-order chi connectivity index (χ0) is 9.14. The highest BCUT2D eigenvalue weighted by atomic mass is 16.5. The molecule has 1 aliphatic heterocycles. The first-order valence-corrected chi connectivity index (χ1v) is 4.12. The van der Waals surface area contributed by atoms with Crippen molar-refractivity contribution in [3.63, 3.8) is 0 Å². The number of likely N-dealkylation sites (N-methyl/N-ethyl adjacent to an activating group) is 1. The van der Waals surface area contributed by atoms with E-state index in [1.807, 2.05) is 19.0 Å². The molecule has 4 heteroatoms. The van der Waals surface area contributed by atoms with Crippen molar-refractivity contribution in [1.82, 2.24) is 4.90 Å². The summed E-state index contributed by atoms with van der Waals surface area (Å²) in [5.41, 5.74) is 0. The summed E-state index contributed by atoms with van der Waals surface area (Å²) >= 11 is 0. The molecular weight excluding hydrogens is 158 g/mol. The molecule has 0 aromatic carbocycles. The lowest BCUT2D eigenvalue weighted by Crippen LogP contribution is -2.28. The molecule has 0 aromatic rings. The summed E-state index contributed by atoms with van der Waals surface area (Å²) in [7, 11) is 3.91. The minimum atomic E-state index is -0.837. The van der Waals surface area contributed by atoms with E-state index in [1.165, 1.54) is 0 Å². The molecule has 2 atom stereocenters. The second-order valence-corrected chi connectivity index (χ2v) is 3.42. The largest absolute Gasteiger partial charge is 0.479 e. The second-order valence-electron chi connectivity index (χ2n) is 3.42. The Morgan fingerprint density at radius 3 is 2.67 bits per heavy atom. The zero-order valence-electron chi connectivity index (χ0n) is 7.49. The molecular formula is C8H15NO3. The lowest BCUT2D eigenvalue weighted by molar-refractivity contribution is -0.149. The summed E-state index contributed by atoms with van der Waals surface area (Å²) in [6, 6.07) is 0. The summed E-state index contributed by atoms with van der Waals surface area (Å²) in [4.78, 5) is 12.5. The highest BCUT2D eigenvalue weighted by Crippen LogP contribution is 2.19. The maximum Gasteiger partial charge on any atom is 0.332 e. The Morgan fingerprint density at radius 1 is 1.58 bits per heavy atom. The number of ether oxygens (including phenoxy) is 1. The smallest absolute Gasteiger partial charge is 0.332 e. The van der Waals surface area contributed by atoms with Crippen LogP contribution in [-0.2, 0) is 9.53 Å². The van der Waals surface area contributed by atoms with Gasteiger partial charge in [-0.15, -0.1) is 0 Å². The molecule has 0 aromatic heterocycles. The van der Waals surface area contributed by atoms with E-state index >= 15 is 0 Å². The molecule has 0 amide bonds. The van der Waals surface area contributed by atoms with Crippen LogP contribution in [0.2, 0.25) is 0 Å². The molecule has 0 spiro atoms. The molecule has 1 rings (SSSR count). The number of carbonyl (C=O) groups is 1. The molecule has 0 bridgehead atoms. The van der Waals surface area contributed by atoms with Crippen molar-refractivity contribution >= 4 is 5.97 Å². The Hall–Kier alpha value is -0.610. The van der Waals surface area contributed by atoms with Gasteiger partial charge in [-0.2, -0.15) is 0 Å². The monoisotopic (exact) mass is 173 g/mol. The summed E-state index contributed by atoms with van der Waals surface area (Å²) in [5, 5.41) is 8.63. The van der Waals surface area contributed by atoms with Crippen molar-refractivity contribution in [2.24, 2.45) is 0 Å². The predicted octanol–water partition coefficient (Wildman–Crippen LogP) is 0.180. The van der Waals surface area contributed by atoms with Gasteiger partial charge < -0.3 is 14.7 Å². The van der Waals surface area contributed by atoms with Gasteiger partial charge in [0, 0.05) is 6.54 Å². The van der Waals surface area contributed by atoms with Crippen LogP contribution in [0.25, 0.3) is 0 Å². The predicted molar refractivity (Wildman–Crippen MR) is 44.1 cm³/mol. The van der Waals surface area contributed by atoms with Gasteiger partial charge in [-0.05, 0) is 26.9 Å². The third kappa shape index (κ3) is 2.46. The van der Waals surface area contributed by atoms with Crippen LogP contribution in [0.5, 0.6) is 0 Å². The maximum atomic E-state index is 10.5. The Bertz CT molecular complexity index is 170. The highest BCUT2D eigenvalue weighted by molar-refractivity contribution is 5.72. The van der Waals surface area contributed by atoms with E-state index in [0.717, 1.165) is 13.0 Å². The van der Waals surface area contributed by atoms with Crippen molar-refractivity contribution in [3.8, 4) is 0 Å². The first-order chi connectivity index (χ1) is 5.59. The van der Waals surface area contributed by atoms with Crippen LogP contribution in [0.4, 0.5) is 0 Å². The number of carboxylic acid groups (broad SMARTS) is 1. The van der Waals surface area contributed by atoms with E-state index < -0.39 is 12.1 Å². The average Bonchev–Trinajstić information content (AvgIpc) is 2.34. The normalized spacial score (nSPS) is 29.6. The fourth-order valence-electron chi connectivity index (χ4n) is 1.43. The minimum Gasteiger partial charge on any atom is -0.479 e. The van der Waals surface area contributed by atoms with Gasteiger partial charge >= 0.3 is 5.97 Å². The van der Waals surface area contributed by atoms with Gasteiger partial charge in [0.05, 0.1) is 6.10 Å².